The van der Waals surface area contributed by atoms with E-state index in [1.165, 1.54) is 42.6 Å². The van der Waals surface area contributed by atoms with Gasteiger partial charge in [0.05, 0.1) is 13.0 Å². The number of allylic oxidation sites excluding steroid dienone is 1. The molecule has 0 spiro atoms. The maximum atomic E-state index is 12.8. The predicted molar refractivity (Wildman–Crippen MR) is 131 cm³/mol. The highest BCUT2D eigenvalue weighted by molar-refractivity contribution is 5.71. The van der Waals surface area contributed by atoms with Gasteiger partial charge in [-0.05, 0) is 95.9 Å². The fourth-order valence-corrected chi connectivity index (χ4v) is 5.62. The van der Waals surface area contributed by atoms with Crippen LogP contribution < -0.4 is 0 Å². The van der Waals surface area contributed by atoms with Crippen LogP contribution in [0, 0.1) is 11.3 Å². The summed E-state index contributed by atoms with van der Waals surface area (Å²) >= 11 is 0. The van der Waals surface area contributed by atoms with E-state index >= 15 is 0 Å². The van der Waals surface area contributed by atoms with Gasteiger partial charge in [-0.15, -0.1) is 0 Å². The maximum absolute atomic E-state index is 12.8. The smallest absolute Gasteiger partial charge is 0.307 e. The zero-order chi connectivity index (χ0) is 24.1. The zero-order valence-corrected chi connectivity index (χ0v) is 20.9. The molecule has 0 bridgehead atoms. The average Bonchev–Trinajstić information content (AvgIpc) is 3.24. The quantitative estimate of drug-likeness (QED) is 0.274. The molecule has 3 atom stereocenters. The van der Waals surface area contributed by atoms with E-state index in [2.05, 4.69) is 42.7 Å². The highest BCUT2D eigenvalue weighted by Crippen LogP contribution is 2.51. The van der Waals surface area contributed by atoms with Crippen LogP contribution in [0.3, 0.4) is 0 Å². The van der Waals surface area contributed by atoms with Crippen molar-refractivity contribution in [3.8, 4) is 0 Å². The van der Waals surface area contributed by atoms with E-state index in [1.54, 1.807) is 0 Å². The fourth-order valence-electron chi connectivity index (χ4n) is 5.62. The van der Waals surface area contributed by atoms with Crippen molar-refractivity contribution in [1.82, 2.24) is 4.90 Å². The molecule has 0 amide bonds. The van der Waals surface area contributed by atoms with Crippen LogP contribution in [0.5, 0.6) is 0 Å². The third kappa shape index (κ3) is 7.17. The van der Waals surface area contributed by atoms with Crippen molar-refractivity contribution in [3.05, 3.63) is 47.5 Å². The molecule has 2 aliphatic rings. The first-order valence-corrected chi connectivity index (χ1v) is 12.3. The lowest BCUT2D eigenvalue weighted by atomic mass is 9.61. The van der Waals surface area contributed by atoms with E-state index in [-0.39, 0.29) is 24.9 Å². The number of likely N-dealkylation sites (tertiary alicyclic amines) is 1. The van der Waals surface area contributed by atoms with Gasteiger partial charge in [0, 0.05) is 12.0 Å². The second kappa shape index (κ2) is 10.9. The molecule has 1 aliphatic carbocycles. The molecule has 1 aliphatic heterocycles. The molecule has 1 aromatic rings. The maximum Gasteiger partial charge on any atom is 0.307 e. The number of hydrogen-bond acceptors (Lipinski definition) is 5. The number of rotatable bonds is 9. The molecule has 0 unspecified atom stereocenters. The molecule has 182 valence electrons. The van der Waals surface area contributed by atoms with Crippen molar-refractivity contribution in [3.63, 3.8) is 0 Å². The van der Waals surface area contributed by atoms with Crippen LogP contribution in [0.25, 0.3) is 0 Å². The first-order valence-electron chi connectivity index (χ1n) is 12.3. The van der Waals surface area contributed by atoms with Gasteiger partial charge in [-0.3, -0.25) is 14.5 Å². The molecule has 1 aromatic carbocycles. The molecule has 2 fully saturated rings. The molecule has 1 heterocycles. The molecular formula is C28H41NO4. The summed E-state index contributed by atoms with van der Waals surface area (Å²) in [6.07, 6.45) is 5.33. The van der Waals surface area contributed by atoms with Crippen LogP contribution in [0.4, 0.5) is 0 Å². The standard InChI is InChI=1S/C28H41NO4/c1-21(2)24-12-13-28(19-32-20-30,17-26(31)33-27(3,4)5)16-25(24)23-10-8-22(9-11-23)18-29-14-6-7-15-29/h8-11,20,24-25H,1,6-7,12-19H2,2-5H3/t24-,25-,28-/m0/s1. The fraction of sp³-hybridized carbons (Fsp3) is 0.643. The van der Waals surface area contributed by atoms with Crippen LogP contribution in [0.1, 0.15) is 83.3 Å². The predicted octanol–water partition coefficient (Wildman–Crippen LogP) is 5.63. The van der Waals surface area contributed by atoms with Crippen molar-refractivity contribution in [1.29, 1.82) is 0 Å². The van der Waals surface area contributed by atoms with E-state index < -0.39 is 11.0 Å². The van der Waals surface area contributed by atoms with Crippen molar-refractivity contribution in [2.24, 2.45) is 11.3 Å². The van der Waals surface area contributed by atoms with E-state index in [0.717, 1.165) is 25.8 Å². The highest BCUT2D eigenvalue weighted by atomic mass is 16.6. The Hall–Kier alpha value is -2.14. The van der Waals surface area contributed by atoms with Gasteiger partial charge in [-0.2, -0.15) is 0 Å². The van der Waals surface area contributed by atoms with Crippen molar-refractivity contribution in [2.75, 3.05) is 19.7 Å². The summed E-state index contributed by atoms with van der Waals surface area (Å²) in [4.78, 5) is 26.3. The van der Waals surface area contributed by atoms with E-state index in [1.807, 2.05) is 20.8 Å². The number of benzene rings is 1. The van der Waals surface area contributed by atoms with Gasteiger partial charge in [0.15, 0.2) is 0 Å². The molecule has 0 aromatic heterocycles. The monoisotopic (exact) mass is 455 g/mol. The summed E-state index contributed by atoms with van der Waals surface area (Å²) in [5.41, 5.74) is 2.82. The third-order valence-electron chi connectivity index (χ3n) is 7.17. The number of carbonyl (C=O) groups excluding carboxylic acids is 2. The van der Waals surface area contributed by atoms with Crippen molar-refractivity contribution < 1.29 is 19.1 Å². The Morgan fingerprint density at radius 1 is 1.21 bits per heavy atom. The Kier molecular flexibility index (Phi) is 8.38. The zero-order valence-electron chi connectivity index (χ0n) is 20.9. The number of esters is 1. The first-order chi connectivity index (χ1) is 15.6. The number of nitrogens with zero attached hydrogens (tertiary/aromatic N) is 1. The van der Waals surface area contributed by atoms with Gasteiger partial charge in [0.2, 0.25) is 0 Å². The molecule has 1 saturated heterocycles. The molecule has 1 saturated carbocycles. The molecule has 33 heavy (non-hydrogen) atoms. The minimum Gasteiger partial charge on any atom is -0.467 e. The Balaban J connectivity index is 1.81. The number of ether oxygens (including phenoxy) is 2. The van der Waals surface area contributed by atoms with Crippen LogP contribution in [0.2, 0.25) is 0 Å². The summed E-state index contributed by atoms with van der Waals surface area (Å²) in [6.45, 7) is 16.1. The number of hydrogen-bond donors (Lipinski definition) is 0. The molecule has 5 heteroatoms. The minimum absolute atomic E-state index is 0.231. The van der Waals surface area contributed by atoms with Crippen LogP contribution in [0.15, 0.2) is 36.4 Å². The van der Waals surface area contributed by atoms with Crippen LogP contribution in [-0.4, -0.2) is 42.6 Å². The van der Waals surface area contributed by atoms with Crippen LogP contribution in [-0.2, 0) is 25.6 Å². The lowest BCUT2D eigenvalue weighted by Crippen LogP contribution is -2.39. The number of carbonyl (C=O) groups is 2. The van der Waals surface area contributed by atoms with Crippen molar-refractivity contribution in [2.45, 2.75) is 84.3 Å². The van der Waals surface area contributed by atoms with Gasteiger partial charge in [-0.1, -0.05) is 36.4 Å². The highest BCUT2D eigenvalue weighted by Gasteiger charge is 2.44. The second-order valence-corrected chi connectivity index (χ2v) is 11.2. The minimum atomic E-state index is -0.538. The molecule has 5 nitrogen and oxygen atoms in total. The average molecular weight is 456 g/mol. The van der Waals surface area contributed by atoms with E-state index in [4.69, 9.17) is 9.47 Å². The van der Waals surface area contributed by atoms with Crippen molar-refractivity contribution >= 4 is 12.4 Å². The van der Waals surface area contributed by atoms with Gasteiger partial charge in [-0.25, -0.2) is 0 Å². The summed E-state index contributed by atoms with van der Waals surface area (Å²) in [6, 6.07) is 8.98. The SMILES string of the molecule is C=C(C)[C@@H]1CC[C@@](COC=O)(CC(=O)OC(C)(C)C)C[C@H]1c1ccc(CN2CCCC2)cc1. The summed E-state index contributed by atoms with van der Waals surface area (Å²) in [5.74, 6) is 0.345. The topological polar surface area (TPSA) is 55.8 Å². The van der Waals surface area contributed by atoms with Crippen LogP contribution >= 0.6 is 0 Å². The van der Waals surface area contributed by atoms with E-state index in [9.17, 15) is 9.59 Å². The largest absolute Gasteiger partial charge is 0.467 e. The first kappa shape index (κ1) is 25.5. The summed E-state index contributed by atoms with van der Waals surface area (Å²) < 4.78 is 10.9. The molecule has 0 radical (unpaired) electrons. The molecule has 3 rings (SSSR count). The lowest BCUT2D eigenvalue weighted by Gasteiger charge is -2.44. The Bertz CT molecular complexity index is 819. The Morgan fingerprint density at radius 2 is 1.88 bits per heavy atom. The van der Waals surface area contributed by atoms with E-state index in [0.29, 0.717) is 12.4 Å². The summed E-state index contributed by atoms with van der Waals surface area (Å²) in [7, 11) is 0. The second-order valence-electron chi connectivity index (χ2n) is 11.2. The van der Waals surface area contributed by atoms with Gasteiger partial charge < -0.3 is 9.47 Å². The lowest BCUT2D eigenvalue weighted by molar-refractivity contribution is -0.161. The molecular weight excluding hydrogens is 414 g/mol. The third-order valence-corrected chi connectivity index (χ3v) is 7.17. The van der Waals surface area contributed by atoms with Gasteiger partial charge >= 0.3 is 5.97 Å². The van der Waals surface area contributed by atoms with Gasteiger partial charge in [0.1, 0.15) is 5.60 Å². The normalized spacial score (nSPS) is 26.1. The summed E-state index contributed by atoms with van der Waals surface area (Å²) in [5, 5.41) is 0. The molecule has 0 N–H and O–H groups in total. The Labute approximate surface area is 199 Å². The Morgan fingerprint density at radius 3 is 2.45 bits per heavy atom. The van der Waals surface area contributed by atoms with Gasteiger partial charge in [0.25, 0.3) is 6.47 Å².